The first-order valence-corrected chi connectivity index (χ1v) is 11.5. The van der Waals surface area contributed by atoms with Gasteiger partial charge in [0.25, 0.3) is 5.91 Å². The number of carbonyl (C=O) groups excluding carboxylic acids is 1. The number of amides is 1. The molecule has 168 valence electrons. The number of aromatic amines is 1. The first kappa shape index (κ1) is 22.2. The molecule has 1 aromatic carbocycles. The number of carbonyl (C=O) groups is 1. The van der Waals surface area contributed by atoms with E-state index < -0.39 is 0 Å². The molecule has 1 aliphatic rings. The molecule has 0 aliphatic carbocycles. The van der Waals surface area contributed by atoms with E-state index in [4.69, 9.17) is 21.1 Å². The molecule has 7 heteroatoms. The Labute approximate surface area is 193 Å². The monoisotopic (exact) mass is 453 g/mol. The molecule has 0 atom stereocenters. The van der Waals surface area contributed by atoms with E-state index in [0.717, 1.165) is 35.9 Å². The summed E-state index contributed by atoms with van der Waals surface area (Å²) >= 11 is 6.48. The number of rotatable bonds is 8. The third kappa shape index (κ3) is 4.60. The van der Waals surface area contributed by atoms with Gasteiger partial charge in [-0.05, 0) is 49.6 Å². The first-order valence-electron chi connectivity index (χ1n) is 11.1. The number of aromatic nitrogens is 2. The van der Waals surface area contributed by atoms with Crippen molar-refractivity contribution in [3.8, 4) is 11.5 Å². The lowest BCUT2D eigenvalue weighted by atomic mass is 9.99. The lowest BCUT2D eigenvalue weighted by Gasteiger charge is -2.27. The summed E-state index contributed by atoms with van der Waals surface area (Å²) in [6.45, 7) is 6.20. The Bertz CT molecular complexity index is 1140. The molecule has 0 saturated carbocycles. The quantitative estimate of drug-likeness (QED) is 0.442. The van der Waals surface area contributed by atoms with Crippen LogP contribution in [-0.2, 0) is 0 Å². The van der Waals surface area contributed by atoms with Gasteiger partial charge in [0.2, 0.25) is 0 Å². The van der Waals surface area contributed by atoms with Crippen molar-refractivity contribution in [2.24, 2.45) is 0 Å². The van der Waals surface area contributed by atoms with Crippen LogP contribution in [0.15, 0.2) is 42.7 Å². The summed E-state index contributed by atoms with van der Waals surface area (Å²) in [7, 11) is 0. The van der Waals surface area contributed by atoms with Gasteiger partial charge in [0.15, 0.2) is 11.5 Å². The molecule has 32 heavy (non-hydrogen) atoms. The van der Waals surface area contributed by atoms with Gasteiger partial charge in [-0.15, -0.1) is 0 Å². The molecule has 3 heterocycles. The molecule has 1 N–H and O–H groups in total. The number of ether oxygens (including phenoxy) is 2. The van der Waals surface area contributed by atoms with Crippen LogP contribution in [0.25, 0.3) is 16.6 Å². The van der Waals surface area contributed by atoms with Crippen molar-refractivity contribution in [2.45, 2.75) is 33.1 Å². The Morgan fingerprint density at radius 2 is 2.16 bits per heavy atom. The average Bonchev–Trinajstić information content (AvgIpc) is 3.25. The van der Waals surface area contributed by atoms with Gasteiger partial charge in [0.05, 0.1) is 18.2 Å². The summed E-state index contributed by atoms with van der Waals surface area (Å²) < 4.78 is 11.6. The topological polar surface area (TPSA) is 67.5 Å². The van der Waals surface area contributed by atoms with E-state index in [2.05, 4.69) is 29.0 Å². The number of nitrogens with zero attached hydrogens (tertiary/aromatic N) is 2. The highest BCUT2D eigenvalue weighted by molar-refractivity contribution is 6.32. The summed E-state index contributed by atoms with van der Waals surface area (Å²) in [5.41, 5.74) is 3.76. The Hall–Kier alpha value is -2.99. The largest absolute Gasteiger partial charge is 0.490 e. The number of H-pyrrole nitrogens is 1. The van der Waals surface area contributed by atoms with Crippen LogP contribution in [0, 0.1) is 0 Å². The number of hydrogen-bond donors (Lipinski definition) is 1. The smallest absolute Gasteiger partial charge is 0.254 e. The molecule has 4 rings (SSSR count). The van der Waals surface area contributed by atoms with Gasteiger partial charge in [-0.3, -0.25) is 4.79 Å². The molecular formula is C25H28ClN3O3. The van der Waals surface area contributed by atoms with E-state index in [9.17, 15) is 4.79 Å². The summed E-state index contributed by atoms with van der Waals surface area (Å²) in [5, 5.41) is 1.50. The van der Waals surface area contributed by atoms with Crippen LogP contribution >= 0.6 is 11.6 Å². The number of fused-ring (bicyclic) bond motifs is 1. The molecule has 1 amide bonds. The zero-order valence-electron chi connectivity index (χ0n) is 18.5. The molecule has 2 aromatic heterocycles. The summed E-state index contributed by atoms with van der Waals surface area (Å²) in [4.78, 5) is 22.6. The molecular weight excluding hydrogens is 426 g/mol. The lowest BCUT2D eigenvalue weighted by Crippen LogP contribution is -2.34. The van der Waals surface area contributed by atoms with Crippen LogP contribution in [0.4, 0.5) is 0 Å². The molecule has 1 aliphatic heterocycles. The highest BCUT2D eigenvalue weighted by Crippen LogP contribution is 2.37. The van der Waals surface area contributed by atoms with E-state index in [0.29, 0.717) is 48.4 Å². The Kier molecular flexibility index (Phi) is 7.00. The Balaban J connectivity index is 1.52. The molecule has 0 spiro atoms. The third-order valence-corrected chi connectivity index (χ3v) is 5.87. The maximum Gasteiger partial charge on any atom is 0.254 e. The van der Waals surface area contributed by atoms with Crippen LogP contribution in [0.2, 0.25) is 5.02 Å². The minimum atomic E-state index is -0.0659. The summed E-state index contributed by atoms with van der Waals surface area (Å²) in [6, 6.07) is 7.42. The van der Waals surface area contributed by atoms with Crippen molar-refractivity contribution in [3.05, 3.63) is 58.9 Å². The van der Waals surface area contributed by atoms with Gasteiger partial charge in [-0.25, -0.2) is 4.98 Å². The number of pyridine rings is 1. The second kappa shape index (κ2) is 10.1. The van der Waals surface area contributed by atoms with Crippen LogP contribution in [-0.4, -0.2) is 47.1 Å². The number of benzene rings is 1. The van der Waals surface area contributed by atoms with Crippen molar-refractivity contribution in [2.75, 3.05) is 26.3 Å². The normalized spacial score (nSPS) is 13.8. The number of hydrogen-bond acceptors (Lipinski definition) is 4. The van der Waals surface area contributed by atoms with E-state index >= 15 is 0 Å². The third-order valence-electron chi connectivity index (χ3n) is 5.59. The molecule has 0 bridgehead atoms. The zero-order chi connectivity index (χ0) is 22.5. The standard InChI is InChI=1S/C25H28ClN3O3/c1-3-5-13-32-23-21(26)14-18(15-22(23)31-4-2)25(30)29-11-8-17(9-12-29)20-16-28-24-19(20)7-6-10-27-24/h6-8,10,14-16H,3-5,9,11-13H2,1-2H3,(H,27,28). The van der Waals surface area contributed by atoms with E-state index in [1.807, 2.05) is 24.1 Å². The second-order valence-electron chi connectivity index (χ2n) is 7.75. The maximum absolute atomic E-state index is 13.2. The Morgan fingerprint density at radius 3 is 2.91 bits per heavy atom. The SMILES string of the molecule is CCCCOc1c(Cl)cc(C(=O)N2CC=C(c3c[nH]c4ncccc34)CC2)cc1OCC. The van der Waals surface area contributed by atoms with Gasteiger partial charge in [-0.1, -0.05) is 31.0 Å². The molecule has 0 saturated heterocycles. The van der Waals surface area contributed by atoms with Crippen LogP contribution in [0.3, 0.4) is 0 Å². The summed E-state index contributed by atoms with van der Waals surface area (Å²) in [5.74, 6) is 0.954. The summed E-state index contributed by atoms with van der Waals surface area (Å²) in [6.07, 6.45) is 8.61. The minimum absolute atomic E-state index is 0.0659. The fourth-order valence-corrected chi connectivity index (χ4v) is 4.18. The highest BCUT2D eigenvalue weighted by atomic mass is 35.5. The maximum atomic E-state index is 13.2. The molecule has 0 radical (unpaired) electrons. The van der Waals surface area contributed by atoms with Crippen molar-refractivity contribution in [1.29, 1.82) is 0 Å². The van der Waals surface area contributed by atoms with Gasteiger partial charge in [0.1, 0.15) is 5.65 Å². The van der Waals surface area contributed by atoms with Crippen molar-refractivity contribution >= 4 is 34.1 Å². The fourth-order valence-electron chi connectivity index (χ4n) is 3.92. The molecule has 0 unspecified atom stereocenters. The van der Waals surface area contributed by atoms with Crippen LogP contribution in [0.1, 0.15) is 49.0 Å². The van der Waals surface area contributed by atoms with Crippen LogP contribution in [0.5, 0.6) is 11.5 Å². The average molecular weight is 454 g/mol. The Morgan fingerprint density at radius 1 is 1.28 bits per heavy atom. The molecule has 0 fully saturated rings. The lowest BCUT2D eigenvalue weighted by molar-refractivity contribution is 0.0772. The number of nitrogens with one attached hydrogen (secondary N) is 1. The van der Waals surface area contributed by atoms with Crippen molar-refractivity contribution in [1.82, 2.24) is 14.9 Å². The number of unbranched alkanes of at least 4 members (excludes halogenated alkanes) is 1. The van der Waals surface area contributed by atoms with E-state index in [1.165, 1.54) is 5.57 Å². The van der Waals surface area contributed by atoms with Gasteiger partial charge in [-0.2, -0.15) is 0 Å². The van der Waals surface area contributed by atoms with Gasteiger partial charge < -0.3 is 19.4 Å². The van der Waals surface area contributed by atoms with Crippen molar-refractivity contribution < 1.29 is 14.3 Å². The van der Waals surface area contributed by atoms with Gasteiger partial charge in [0, 0.05) is 42.0 Å². The van der Waals surface area contributed by atoms with Gasteiger partial charge >= 0.3 is 0 Å². The highest BCUT2D eigenvalue weighted by Gasteiger charge is 2.23. The predicted octanol–water partition coefficient (Wildman–Crippen LogP) is 5.72. The zero-order valence-corrected chi connectivity index (χ0v) is 19.2. The van der Waals surface area contributed by atoms with Crippen molar-refractivity contribution in [3.63, 3.8) is 0 Å². The fraction of sp³-hybridized carbons (Fsp3) is 0.360. The van der Waals surface area contributed by atoms with Crippen LogP contribution < -0.4 is 9.47 Å². The minimum Gasteiger partial charge on any atom is -0.490 e. The molecule has 3 aromatic rings. The van der Waals surface area contributed by atoms with E-state index in [1.54, 1.807) is 18.3 Å². The second-order valence-corrected chi connectivity index (χ2v) is 8.16. The first-order chi connectivity index (χ1) is 15.6. The number of halogens is 1. The van der Waals surface area contributed by atoms with E-state index in [-0.39, 0.29) is 5.91 Å². The predicted molar refractivity (Wildman–Crippen MR) is 128 cm³/mol. The molecule has 6 nitrogen and oxygen atoms in total.